The van der Waals surface area contributed by atoms with Gasteiger partial charge >= 0.3 is 5.97 Å². The molecule has 3 heterocycles. The van der Waals surface area contributed by atoms with E-state index in [2.05, 4.69) is 5.32 Å². The van der Waals surface area contributed by atoms with E-state index < -0.39 is 12.0 Å². The second kappa shape index (κ2) is 6.70. The third-order valence-electron chi connectivity index (χ3n) is 6.02. The molecule has 0 radical (unpaired) electrons. The van der Waals surface area contributed by atoms with Crippen molar-refractivity contribution in [1.29, 1.82) is 0 Å². The highest BCUT2D eigenvalue weighted by molar-refractivity contribution is 5.83. The SMILES string of the molecule is CC(=O)N1CC2(CCN(C(=O)C3CCNCC3)CC2)C[C@@H]1C(=O)O. The van der Waals surface area contributed by atoms with Crippen LogP contribution in [0.3, 0.4) is 0 Å². The molecular formula is C17H27N3O4. The lowest BCUT2D eigenvalue weighted by Crippen LogP contribution is -2.48. The first kappa shape index (κ1) is 17.2. The minimum atomic E-state index is -0.921. The van der Waals surface area contributed by atoms with Crippen molar-refractivity contribution in [3.05, 3.63) is 0 Å². The van der Waals surface area contributed by atoms with Crippen LogP contribution in [0.1, 0.15) is 39.0 Å². The van der Waals surface area contributed by atoms with Gasteiger partial charge in [0.25, 0.3) is 0 Å². The molecule has 7 nitrogen and oxygen atoms in total. The number of piperidine rings is 2. The fourth-order valence-electron chi connectivity index (χ4n) is 4.50. The number of carboxylic acid groups (broad SMARTS) is 1. The van der Waals surface area contributed by atoms with E-state index in [1.807, 2.05) is 4.90 Å². The molecule has 24 heavy (non-hydrogen) atoms. The van der Waals surface area contributed by atoms with Crippen molar-refractivity contribution >= 4 is 17.8 Å². The molecule has 0 unspecified atom stereocenters. The number of carboxylic acids is 1. The monoisotopic (exact) mass is 337 g/mol. The van der Waals surface area contributed by atoms with Gasteiger partial charge in [-0.2, -0.15) is 0 Å². The molecule has 0 bridgehead atoms. The van der Waals surface area contributed by atoms with E-state index in [-0.39, 0.29) is 23.1 Å². The van der Waals surface area contributed by atoms with Crippen molar-refractivity contribution in [2.24, 2.45) is 11.3 Å². The maximum absolute atomic E-state index is 12.6. The van der Waals surface area contributed by atoms with Crippen molar-refractivity contribution in [1.82, 2.24) is 15.1 Å². The fraction of sp³-hybridized carbons (Fsp3) is 0.824. The minimum Gasteiger partial charge on any atom is -0.480 e. The third-order valence-corrected chi connectivity index (χ3v) is 6.02. The van der Waals surface area contributed by atoms with Crippen LogP contribution in [0.4, 0.5) is 0 Å². The molecule has 7 heteroatoms. The lowest BCUT2D eigenvalue weighted by atomic mass is 9.76. The molecule has 1 spiro atoms. The van der Waals surface area contributed by atoms with Crippen molar-refractivity contribution in [3.8, 4) is 0 Å². The van der Waals surface area contributed by atoms with Gasteiger partial charge in [-0.1, -0.05) is 0 Å². The Balaban J connectivity index is 1.61. The maximum Gasteiger partial charge on any atom is 0.326 e. The van der Waals surface area contributed by atoms with Crippen LogP contribution >= 0.6 is 0 Å². The third kappa shape index (κ3) is 3.27. The Kier molecular flexibility index (Phi) is 4.80. The lowest BCUT2D eigenvalue weighted by Gasteiger charge is -2.40. The quantitative estimate of drug-likeness (QED) is 0.756. The number of carbonyl (C=O) groups is 3. The average molecular weight is 337 g/mol. The van der Waals surface area contributed by atoms with Gasteiger partial charge in [0.05, 0.1) is 0 Å². The average Bonchev–Trinajstić information content (AvgIpc) is 2.96. The molecule has 1 atom stereocenters. The Morgan fingerprint density at radius 3 is 2.25 bits per heavy atom. The first-order chi connectivity index (χ1) is 11.4. The molecule has 3 saturated heterocycles. The summed E-state index contributed by atoms with van der Waals surface area (Å²) in [7, 11) is 0. The number of hydrogen-bond donors (Lipinski definition) is 2. The second-order valence-electron chi connectivity index (χ2n) is 7.55. The molecule has 2 N–H and O–H groups in total. The van der Waals surface area contributed by atoms with Crippen LogP contribution in [-0.4, -0.2) is 71.5 Å². The van der Waals surface area contributed by atoms with Crippen LogP contribution in [-0.2, 0) is 14.4 Å². The highest BCUT2D eigenvalue weighted by atomic mass is 16.4. The zero-order valence-electron chi connectivity index (χ0n) is 14.3. The van der Waals surface area contributed by atoms with Gasteiger partial charge in [0.1, 0.15) is 6.04 Å². The summed E-state index contributed by atoms with van der Waals surface area (Å²) in [6.45, 7) is 5.12. The minimum absolute atomic E-state index is 0.129. The van der Waals surface area contributed by atoms with E-state index in [1.165, 1.54) is 11.8 Å². The van der Waals surface area contributed by atoms with Gasteiger partial charge in [-0.25, -0.2) is 4.79 Å². The van der Waals surface area contributed by atoms with E-state index in [0.717, 1.165) is 38.8 Å². The molecule has 134 valence electrons. The summed E-state index contributed by atoms with van der Waals surface area (Å²) in [4.78, 5) is 39.3. The zero-order chi connectivity index (χ0) is 17.3. The number of carbonyl (C=O) groups excluding carboxylic acids is 2. The van der Waals surface area contributed by atoms with Gasteiger partial charge in [0, 0.05) is 32.5 Å². The van der Waals surface area contributed by atoms with Gasteiger partial charge in [-0.15, -0.1) is 0 Å². The van der Waals surface area contributed by atoms with Crippen molar-refractivity contribution in [2.75, 3.05) is 32.7 Å². The molecule has 3 fully saturated rings. The first-order valence-electron chi connectivity index (χ1n) is 8.91. The predicted octanol–water partition coefficient (Wildman–Crippen LogP) is 0.300. The van der Waals surface area contributed by atoms with Crippen LogP contribution < -0.4 is 5.32 Å². The van der Waals surface area contributed by atoms with Crippen LogP contribution in [0.2, 0.25) is 0 Å². The molecular weight excluding hydrogens is 310 g/mol. The highest BCUT2D eigenvalue weighted by Gasteiger charge is 2.49. The number of nitrogens with zero attached hydrogens (tertiary/aromatic N) is 2. The van der Waals surface area contributed by atoms with Crippen LogP contribution in [0.5, 0.6) is 0 Å². The molecule has 0 aromatic rings. The molecule has 0 saturated carbocycles. The largest absolute Gasteiger partial charge is 0.480 e. The van der Waals surface area contributed by atoms with Crippen molar-refractivity contribution < 1.29 is 19.5 Å². The number of hydrogen-bond acceptors (Lipinski definition) is 4. The summed E-state index contributed by atoms with van der Waals surface area (Å²) in [5, 5.41) is 12.7. The van der Waals surface area contributed by atoms with E-state index >= 15 is 0 Å². The van der Waals surface area contributed by atoms with Gasteiger partial charge in [-0.3, -0.25) is 9.59 Å². The number of aliphatic carboxylic acids is 1. The van der Waals surface area contributed by atoms with Crippen molar-refractivity contribution in [2.45, 2.75) is 45.1 Å². The second-order valence-corrected chi connectivity index (χ2v) is 7.55. The Bertz CT molecular complexity index is 498. The van der Waals surface area contributed by atoms with Gasteiger partial charge in [-0.05, 0) is 50.6 Å². The van der Waals surface area contributed by atoms with E-state index in [0.29, 0.717) is 26.1 Å². The Morgan fingerprint density at radius 1 is 1.12 bits per heavy atom. The molecule has 2 amide bonds. The zero-order valence-corrected chi connectivity index (χ0v) is 14.3. The van der Waals surface area contributed by atoms with Gasteiger partial charge in [0.15, 0.2) is 0 Å². The highest BCUT2D eigenvalue weighted by Crippen LogP contribution is 2.43. The number of rotatable bonds is 2. The first-order valence-corrected chi connectivity index (χ1v) is 8.91. The maximum atomic E-state index is 12.6. The van der Waals surface area contributed by atoms with E-state index in [4.69, 9.17) is 0 Å². The summed E-state index contributed by atoms with van der Waals surface area (Å²) in [6.07, 6.45) is 3.89. The summed E-state index contributed by atoms with van der Waals surface area (Å²) in [6, 6.07) is -0.714. The Labute approximate surface area is 142 Å². The smallest absolute Gasteiger partial charge is 0.326 e. The normalized spacial score (nSPS) is 27.5. The fourth-order valence-corrected chi connectivity index (χ4v) is 4.50. The predicted molar refractivity (Wildman–Crippen MR) is 87.3 cm³/mol. The summed E-state index contributed by atoms with van der Waals surface area (Å²) in [5.74, 6) is -0.713. The number of likely N-dealkylation sites (tertiary alicyclic amines) is 2. The number of amides is 2. The Morgan fingerprint density at radius 2 is 1.75 bits per heavy atom. The topological polar surface area (TPSA) is 90.0 Å². The van der Waals surface area contributed by atoms with Gasteiger partial charge < -0.3 is 20.2 Å². The molecule has 3 rings (SSSR count). The van der Waals surface area contributed by atoms with Crippen LogP contribution in [0.15, 0.2) is 0 Å². The van der Waals surface area contributed by atoms with Crippen molar-refractivity contribution in [3.63, 3.8) is 0 Å². The molecule has 0 aromatic carbocycles. The van der Waals surface area contributed by atoms with Crippen LogP contribution in [0.25, 0.3) is 0 Å². The molecule has 3 aliphatic heterocycles. The van der Waals surface area contributed by atoms with Crippen LogP contribution in [0, 0.1) is 11.3 Å². The van der Waals surface area contributed by atoms with E-state index in [9.17, 15) is 19.5 Å². The van der Waals surface area contributed by atoms with E-state index in [1.54, 1.807) is 0 Å². The standard InChI is InChI=1S/C17H27N3O4/c1-12(21)20-11-17(10-14(20)16(23)24)4-8-19(9-5-17)15(22)13-2-6-18-7-3-13/h13-14,18H,2-11H2,1H3,(H,23,24)/t14-/m1/s1. The lowest BCUT2D eigenvalue weighted by molar-refractivity contribution is -0.147. The van der Waals surface area contributed by atoms with Gasteiger partial charge in [0.2, 0.25) is 11.8 Å². The molecule has 0 aromatic heterocycles. The summed E-state index contributed by atoms with van der Waals surface area (Å²) in [5.41, 5.74) is -0.139. The molecule has 3 aliphatic rings. The molecule has 0 aliphatic carbocycles. The summed E-state index contributed by atoms with van der Waals surface area (Å²) < 4.78 is 0. The Hall–Kier alpha value is -1.63. The number of nitrogens with one attached hydrogen (secondary N) is 1. The summed E-state index contributed by atoms with van der Waals surface area (Å²) >= 11 is 0.